The normalized spacial score (nSPS) is 23.4. The number of piperidine rings is 1. The average molecular weight is 336 g/mol. The molecule has 0 aliphatic carbocycles. The molecule has 0 aromatic heterocycles. The molecule has 2 saturated heterocycles. The first-order chi connectivity index (χ1) is 10.7. The van der Waals surface area contributed by atoms with E-state index in [0.717, 1.165) is 0 Å². The first kappa shape index (κ1) is 17.6. The second kappa shape index (κ2) is 6.76. The Morgan fingerprint density at radius 1 is 1.22 bits per heavy atom. The fraction of sp³-hybridized carbons (Fsp3) is 0.786. The predicted octanol–water partition coefficient (Wildman–Crippen LogP) is 1.11. The highest BCUT2D eigenvalue weighted by Crippen LogP contribution is 2.27. The topological polar surface area (TPSA) is 77.9 Å². The van der Waals surface area contributed by atoms with Crippen LogP contribution in [0.25, 0.3) is 0 Å². The molecule has 0 aromatic carbocycles. The van der Waals surface area contributed by atoms with Gasteiger partial charge >= 0.3 is 12.1 Å². The van der Waals surface area contributed by atoms with Crippen molar-refractivity contribution in [1.29, 1.82) is 0 Å². The Bertz CT molecular complexity index is 487. The van der Waals surface area contributed by atoms with E-state index in [2.05, 4.69) is 0 Å². The van der Waals surface area contributed by atoms with Gasteiger partial charge in [-0.2, -0.15) is 13.2 Å². The van der Waals surface area contributed by atoms with Crippen molar-refractivity contribution in [3.8, 4) is 0 Å². The fourth-order valence-corrected chi connectivity index (χ4v) is 3.17. The number of carbonyl (C=O) groups excluding carboxylic acids is 2. The van der Waals surface area contributed by atoms with Crippen molar-refractivity contribution in [2.75, 3.05) is 26.2 Å². The number of hydrogen-bond donors (Lipinski definition) is 1. The number of carboxylic acid groups (broad SMARTS) is 1. The lowest BCUT2D eigenvalue weighted by Gasteiger charge is -2.33. The summed E-state index contributed by atoms with van der Waals surface area (Å²) in [5.41, 5.74) is 0. The average Bonchev–Trinajstić information content (AvgIpc) is 2.77. The molecule has 2 aliphatic rings. The molecule has 0 aromatic rings. The van der Waals surface area contributed by atoms with Gasteiger partial charge in [-0.1, -0.05) is 0 Å². The van der Waals surface area contributed by atoms with Crippen LogP contribution in [0.4, 0.5) is 13.2 Å². The molecular formula is C14H19F3N2O4. The predicted molar refractivity (Wildman–Crippen MR) is 72.3 cm³/mol. The minimum absolute atomic E-state index is 0.0171. The standard InChI is InChI=1S/C14H19F3N2O4/c15-14(16,17)8-19-7-10(6-11(19)20)13(23)18-3-1-9(2-4-18)5-12(21)22/h9-10H,1-8H2,(H,21,22). The number of rotatable bonds is 4. The van der Waals surface area contributed by atoms with Crippen molar-refractivity contribution < 1.29 is 32.7 Å². The van der Waals surface area contributed by atoms with Crippen molar-refractivity contribution >= 4 is 17.8 Å². The van der Waals surface area contributed by atoms with Crippen molar-refractivity contribution in [2.45, 2.75) is 31.9 Å². The summed E-state index contributed by atoms with van der Waals surface area (Å²) in [6.07, 6.45) is -3.48. The van der Waals surface area contributed by atoms with E-state index in [1.807, 2.05) is 0 Å². The molecule has 2 aliphatic heterocycles. The lowest BCUT2D eigenvalue weighted by Crippen LogP contribution is -2.43. The SMILES string of the molecule is O=C(O)CC1CCN(C(=O)C2CC(=O)N(CC(F)(F)F)C2)CC1. The Balaban J connectivity index is 1.85. The maximum atomic E-state index is 12.4. The molecule has 2 rings (SSSR count). The highest BCUT2D eigenvalue weighted by molar-refractivity contribution is 5.89. The van der Waals surface area contributed by atoms with E-state index in [-0.39, 0.29) is 31.2 Å². The second-order valence-electron chi connectivity index (χ2n) is 6.16. The van der Waals surface area contributed by atoms with Gasteiger partial charge in [0.05, 0.1) is 5.92 Å². The summed E-state index contributed by atoms with van der Waals surface area (Å²) in [6, 6.07) is 0. The largest absolute Gasteiger partial charge is 0.481 e. The first-order valence-corrected chi connectivity index (χ1v) is 7.51. The van der Waals surface area contributed by atoms with Gasteiger partial charge in [0.15, 0.2) is 0 Å². The lowest BCUT2D eigenvalue weighted by atomic mass is 9.92. The summed E-state index contributed by atoms with van der Waals surface area (Å²) in [5, 5.41) is 8.75. The highest BCUT2D eigenvalue weighted by Gasteiger charge is 2.42. The first-order valence-electron chi connectivity index (χ1n) is 7.51. The molecule has 6 nitrogen and oxygen atoms in total. The molecule has 23 heavy (non-hydrogen) atoms. The van der Waals surface area contributed by atoms with Crippen LogP contribution in [0.1, 0.15) is 25.7 Å². The van der Waals surface area contributed by atoms with Crippen LogP contribution in [-0.2, 0) is 14.4 Å². The summed E-state index contributed by atoms with van der Waals surface area (Å²) in [5.74, 6) is -2.55. The van der Waals surface area contributed by atoms with Crippen LogP contribution in [-0.4, -0.2) is 65.0 Å². The molecule has 9 heteroatoms. The van der Waals surface area contributed by atoms with Crippen molar-refractivity contribution in [3.63, 3.8) is 0 Å². The van der Waals surface area contributed by atoms with E-state index in [1.54, 1.807) is 0 Å². The van der Waals surface area contributed by atoms with Gasteiger partial charge in [0, 0.05) is 32.5 Å². The minimum Gasteiger partial charge on any atom is -0.481 e. The summed E-state index contributed by atoms with van der Waals surface area (Å²) in [7, 11) is 0. The van der Waals surface area contributed by atoms with E-state index in [4.69, 9.17) is 5.11 Å². The van der Waals surface area contributed by atoms with Crippen LogP contribution in [0.2, 0.25) is 0 Å². The Morgan fingerprint density at radius 2 is 1.83 bits per heavy atom. The zero-order chi connectivity index (χ0) is 17.2. The monoisotopic (exact) mass is 336 g/mol. The fourth-order valence-electron chi connectivity index (χ4n) is 3.17. The Labute approximate surface area is 131 Å². The molecular weight excluding hydrogens is 317 g/mol. The summed E-state index contributed by atoms with van der Waals surface area (Å²) >= 11 is 0. The highest BCUT2D eigenvalue weighted by atomic mass is 19.4. The van der Waals surface area contributed by atoms with E-state index in [0.29, 0.717) is 30.8 Å². The van der Waals surface area contributed by atoms with Crippen LogP contribution in [0, 0.1) is 11.8 Å². The van der Waals surface area contributed by atoms with Gasteiger partial charge < -0.3 is 14.9 Å². The molecule has 2 amide bonds. The van der Waals surface area contributed by atoms with Gasteiger partial charge in [0.1, 0.15) is 6.54 Å². The van der Waals surface area contributed by atoms with Crippen LogP contribution in [0.5, 0.6) is 0 Å². The number of aliphatic carboxylic acids is 1. The Kier molecular flexibility index (Phi) is 5.16. The third kappa shape index (κ3) is 4.84. The van der Waals surface area contributed by atoms with E-state index in [1.165, 1.54) is 4.90 Å². The van der Waals surface area contributed by atoms with Crippen molar-refractivity contribution in [1.82, 2.24) is 9.80 Å². The van der Waals surface area contributed by atoms with Crippen LogP contribution < -0.4 is 0 Å². The lowest BCUT2D eigenvalue weighted by molar-refractivity contribution is -0.157. The van der Waals surface area contributed by atoms with E-state index < -0.39 is 30.5 Å². The maximum Gasteiger partial charge on any atom is 0.406 e. The third-order valence-electron chi connectivity index (χ3n) is 4.32. The zero-order valence-electron chi connectivity index (χ0n) is 12.5. The molecule has 0 spiro atoms. The molecule has 0 radical (unpaired) electrons. The van der Waals surface area contributed by atoms with E-state index >= 15 is 0 Å². The van der Waals surface area contributed by atoms with Gasteiger partial charge in [0.25, 0.3) is 0 Å². The number of halogens is 3. The van der Waals surface area contributed by atoms with Crippen LogP contribution >= 0.6 is 0 Å². The Morgan fingerprint density at radius 3 is 2.35 bits per heavy atom. The molecule has 0 bridgehead atoms. The molecule has 130 valence electrons. The number of nitrogens with zero attached hydrogens (tertiary/aromatic N) is 2. The van der Waals surface area contributed by atoms with Gasteiger partial charge in [-0.3, -0.25) is 14.4 Å². The van der Waals surface area contributed by atoms with Gasteiger partial charge in [0.2, 0.25) is 11.8 Å². The number of carbonyl (C=O) groups is 3. The van der Waals surface area contributed by atoms with Gasteiger partial charge in [-0.15, -0.1) is 0 Å². The van der Waals surface area contributed by atoms with Crippen molar-refractivity contribution in [3.05, 3.63) is 0 Å². The van der Waals surface area contributed by atoms with Crippen LogP contribution in [0.3, 0.4) is 0 Å². The summed E-state index contributed by atoms with van der Waals surface area (Å²) in [6.45, 7) is -0.746. The van der Waals surface area contributed by atoms with Crippen molar-refractivity contribution in [2.24, 2.45) is 11.8 Å². The Hall–Kier alpha value is -1.80. The van der Waals surface area contributed by atoms with E-state index in [9.17, 15) is 27.6 Å². The quantitative estimate of drug-likeness (QED) is 0.834. The molecule has 1 atom stereocenters. The molecule has 1 N–H and O–H groups in total. The molecule has 1 unspecified atom stereocenters. The number of hydrogen-bond acceptors (Lipinski definition) is 3. The van der Waals surface area contributed by atoms with Gasteiger partial charge in [-0.05, 0) is 18.8 Å². The summed E-state index contributed by atoms with van der Waals surface area (Å²) < 4.78 is 37.1. The molecule has 0 saturated carbocycles. The number of likely N-dealkylation sites (tertiary alicyclic amines) is 2. The maximum absolute atomic E-state index is 12.4. The zero-order valence-corrected chi connectivity index (χ0v) is 12.5. The number of carboxylic acids is 1. The second-order valence-corrected chi connectivity index (χ2v) is 6.16. The smallest absolute Gasteiger partial charge is 0.406 e. The van der Waals surface area contributed by atoms with Gasteiger partial charge in [-0.25, -0.2) is 0 Å². The third-order valence-corrected chi connectivity index (χ3v) is 4.32. The molecule has 2 heterocycles. The van der Waals surface area contributed by atoms with Crippen LogP contribution in [0.15, 0.2) is 0 Å². The summed E-state index contributed by atoms with van der Waals surface area (Å²) in [4.78, 5) is 36.8. The number of amides is 2. The molecule has 2 fully saturated rings. The number of alkyl halides is 3. The minimum atomic E-state index is -4.47.